The minimum atomic E-state index is -0.155. The molecule has 2 aromatic heterocycles. The topological polar surface area (TPSA) is 68.1 Å². The second kappa shape index (κ2) is 7.08. The Kier molecular flexibility index (Phi) is 4.66. The molecule has 2 fully saturated rings. The van der Waals surface area contributed by atoms with Crippen LogP contribution in [0.5, 0.6) is 5.88 Å². The van der Waals surface area contributed by atoms with Crippen LogP contribution in [0, 0.1) is 12.8 Å². The first kappa shape index (κ1) is 16.5. The highest BCUT2D eigenvalue weighted by molar-refractivity contribution is 5.29. The molecule has 5 heteroatoms. The van der Waals surface area contributed by atoms with Gasteiger partial charge in [-0.2, -0.15) is 4.98 Å². The Morgan fingerprint density at radius 1 is 1.16 bits per heavy atom. The first-order chi connectivity index (χ1) is 12.2. The number of ether oxygens (including phenoxy) is 1. The van der Waals surface area contributed by atoms with Crippen LogP contribution in [0.15, 0.2) is 30.6 Å². The number of aryl methyl sites for hydroxylation is 1. The zero-order valence-corrected chi connectivity index (χ0v) is 14.6. The molecule has 2 atom stereocenters. The molecule has 0 aromatic carbocycles. The molecule has 4 rings (SSSR count). The van der Waals surface area contributed by atoms with Gasteiger partial charge in [-0.05, 0) is 57.1 Å². The zero-order chi connectivity index (χ0) is 17.2. The molecule has 2 aromatic rings. The number of aliphatic hydroxyl groups excluding tert-OH is 1. The van der Waals surface area contributed by atoms with Crippen molar-refractivity contribution < 1.29 is 9.84 Å². The van der Waals surface area contributed by atoms with E-state index < -0.39 is 0 Å². The van der Waals surface area contributed by atoms with E-state index in [1.54, 1.807) is 0 Å². The van der Waals surface area contributed by atoms with Crippen LogP contribution in [-0.4, -0.2) is 32.8 Å². The highest BCUT2D eigenvalue weighted by Gasteiger charge is 2.40. The van der Waals surface area contributed by atoms with Gasteiger partial charge in [-0.25, -0.2) is 4.98 Å². The Morgan fingerprint density at radius 2 is 2.00 bits per heavy atom. The van der Waals surface area contributed by atoms with E-state index in [1.807, 2.05) is 31.5 Å². The lowest BCUT2D eigenvalue weighted by molar-refractivity contribution is 0.121. The average Bonchev–Trinajstić information content (AvgIpc) is 3.41. The standard InChI is InChI=1S/C20H25N3O2/c1-13-22-11-18(14-5-7-16(24)8-6-14)20(23-13)25-12-15-10-17(15)19-4-2-3-9-21-19/h2-4,9,11,14-17,24H,5-8,10,12H2,1H3/t14?,15-,16?,17+/m1/s1. The number of pyridine rings is 1. The fraction of sp³-hybridized carbons (Fsp3) is 0.550. The lowest BCUT2D eigenvalue weighted by atomic mass is 9.83. The summed E-state index contributed by atoms with van der Waals surface area (Å²) >= 11 is 0. The lowest BCUT2D eigenvalue weighted by Crippen LogP contribution is -2.18. The molecular formula is C20H25N3O2. The van der Waals surface area contributed by atoms with E-state index in [-0.39, 0.29) is 6.10 Å². The van der Waals surface area contributed by atoms with Gasteiger partial charge in [-0.15, -0.1) is 0 Å². The number of aliphatic hydroxyl groups is 1. The maximum atomic E-state index is 9.74. The van der Waals surface area contributed by atoms with Gasteiger partial charge in [0.1, 0.15) is 5.82 Å². The van der Waals surface area contributed by atoms with Gasteiger partial charge in [0.15, 0.2) is 0 Å². The van der Waals surface area contributed by atoms with Crippen LogP contribution in [-0.2, 0) is 0 Å². The smallest absolute Gasteiger partial charge is 0.220 e. The van der Waals surface area contributed by atoms with Crippen molar-refractivity contribution >= 4 is 0 Å². The van der Waals surface area contributed by atoms with Crippen LogP contribution >= 0.6 is 0 Å². The molecule has 132 valence electrons. The number of hydrogen-bond acceptors (Lipinski definition) is 5. The summed E-state index contributed by atoms with van der Waals surface area (Å²) in [6.45, 7) is 2.58. The van der Waals surface area contributed by atoms with Gasteiger partial charge in [0, 0.05) is 35.5 Å². The minimum Gasteiger partial charge on any atom is -0.477 e. The maximum absolute atomic E-state index is 9.74. The van der Waals surface area contributed by atoms with Crippen molar-refractivity contribution in [2.75, 3.05) is 6.61 Å². The summed E-state index contributed by atoms with van der Waals surface area (Å²) in [6.07, 6.45) is 8.40. The highest BCUT2D eigenvalue weighted by atomic mass is 16.5. The van der Waals surface area contributed by atoms with Gasteiger partial charge >= 0.3 is 0 Å². The first-order valence-corrected chi connectivity index (χ1v) is 9.26. The molecular weight excluding hydrogens is 314 g/mol. The summed E-state index contributed by atoms with van der Waals surface area (Å²) in [7, 11) is 0. The van der Waals surface area contributed by atoms with Crippen molar-refractivity contribution in [3.63, 3.8) is 0 Å². The van der Waals surface area contributed by atoms with Crippen molar-refractivity contribution in [3.8, 4) is 5.88 Å². The predicted octanol–water partition coefficient (Wildman–Crippen LogP) is 3.38. The molecule has 0 aliphatic heterocycles. The van der Waals surface area contributed by atoms with Crippen LogP contribution in [0.2, 0.25) is 0 Å². The summed E-state index contributed by atoms with van der Waals surface area (Å²) in [5, 5.41) is 9.74. The Balaban J connectivity index is 1.41. The molecule has 0 spiro atoms. The summed E-state index contributed by atoms with van der Waals surface area (Å²) in [5.74, 6) is 2.90. The molecule has 0 amide bonds. The van der Waals surface area contributed by atoms with Crippen LogP contribution in [0.25, 0.3) is 0 Å². The molecule has 2 aliphatic rings. The first-order valence-electron chi connectivity index (χ1n) is 9.26. The molecule has 0 bridgehead atoms. The van der Waals surface area contributed by atoms with Crippen molar-refractivity contribution in [2.45, 2.75) is 57.0 Å². The molecule has 2 heterocycles. The normalized spacial score (nSPS) is 28.6. The van der Waals surface area contributed by atoms with Gasteiger partial charge in [0.25, 0.3) is 0 Å². The Labute approximate surface area is 148 Å². The largest absolute Gasteiger partial charge is 0.477 e. The third kappa shape index (κ3) is 3.82. The summed E-state index contributed by atoms with van der Waals surface area (Å²) in [6, 6.07) is 6.09. The van der Waals surface area contributed by atoms with Gasteiger partial charge in [0.2, 0.25) is 5.88 Å². The fourth-order valence-corrected chi connectivity index (χ4v) is 3.82. The molecule has 2 aliphatic carbocycles. The molecule has 25 heavy (non-hydrogen) atoms. The van der Waals surface area contributed by atoms with Crippen LogP contribution in [0.4, 0.5) is 0 Å². The number of hydrogen-bond donors (Lipinski definition) is 1. The van der Waals surface area contributed by atoms with E-state index in [0.717, 1.165) is 55.1 Å². The Hall–Kier alpha value is -2.01. The third-order valence-corrected chi connectivity index (χ3v) is 5.46. The highest BCUT2D eigenvalue weighted by Crippen LogP contribution is 2.47. The number of rotatable bonds is 5. The average molecular weight is 339 g/mol. The Bertz CT molecular complexity index is 714. The number of aromatic nitrogens is 3. The van der Waals surface area contributed by atoms with Crippen molar-refractivity contribution in [3.05, 3.63) is 47.7 Å². The molecule has 0 unspecified atom stereocenters. The van der Waals surface area contributed by atoms with Crippen molar-refractivity contribution in [2.24, 2.45) is 5.92 Å². The van der Waals surface area contributed by atoms with Crippen molar-refractivity contribution in [1.82, 2.24) is 15.0 Å². The fourth-order valence-electron chi connectivity index (χ4n) is 3.82. The molecule has 1 N–H and O–H groups in total. The van der Waals surface area contributed by atoms with Gasteiger partial charge in [-0.1, -0.05) is 6.07 Å². The zero-order valence-electron chi connectivity index (χ0n) is 14.6. The minimum absolute atomic E-state index is 0.155. The molecule has 0 saturated heterocycles. The monoisotopic (exact) mass is 339 g/mol. The van der Waals surface area contributed by atoms with E-state index in [9.17, 15) is 5.11 Å². The number of nitrogens with zero attached hydrogens (tertiary/aromatic N) is 3. The SMILES string of the molecule is Cc1ncc(C2CCC(O)CC2)c(OC[C@H]2C[C@@H]2c2ccccn2)n1. The van der Waals surface area contributed by atoms with Crippen molar-refractivity contribution in [1.29, 1.82) is 0 Å². The van der Waals surface area contributed by atoms with E-state index >= 15 is 0 Å². The second-order valence-corrected chi connectivity index (χ2v) is 7.35. The Morgan fingerprint density at radius 3 is 2.76 bits per heavy atom. The van der Waals surface area contributed by atoms with Crippen LogP contribution < -0.4 is 4.74 Å². The van der Waals surface area contributed by atoms with Gasteiger partial charge in [-0.3, -0.25) is 4.98 Å². The quantitative estimate of drug-likeness (QED) is 0.904. The molecule has 0 radical (unpaired) electrons. The summed E-state index contributed by atoms with van der Waals surface area (Å²) < 4.78 is 6.13. The van der Waals surface area contributed by atoms with Crippen LogP contribution in [0.3, 0.4) is 0 Å². The third-order valence-electron chi connectivity index (χ3n) is 5.46. The van der Waals surface area contributed by atoms with Gasteiger partial charge < -0.3 is 9.84 Å². The predicted molar refractivity (Wildman–Crippen MR) is 94.6 cm³/mol. The maximum Gasteiger partial charge on any atom is 0.220 e. The lowest BCUT2D eigenvalue weighted by Gasteiger charge is -2.26. The second-order valence-electron chi connectivity index (χ2n) is 7.35. The van der Waals surface area contributed by atoms with E-state index in [2.05, 4.69) is 21.0 Å². The summed E-state index contributed by atoms with van der Waals surface area (Å²) in [5.41, 5.74) is 2.27. The van der Waals surface area contributed by atoms with E-state index in [0.29, 0.717) is 24.4 Å². The van der Waals surface area contributed by atoms with Gasteiger partial charge in [0.05, 0.1) is 12.7 Å². The van der Waals surface area contributed by atoms with E-state index in [1.165, 1.54) is 0 Å². The van der Waals surface area contributed by atoms with Crippen LogP contribution in [0.1, 0.15) is 61.0 Å². The van der Waals surface area contributed by atoms with E-state index in [4.69, 9.17) is 4.74 Å². The summed E-state index contributed by atoms with van der Waals surface area (Å²) in [4.78, 5) is 13.4. The molecule has 5 nitrogen and oxygen atoms in total. The molecule has 2 saturated carbocycles.